The molecule has 0 aliphatic carbocycles. The summed E-state index contributed by atoms with van der Waals surface area (Å²) in [4.78, 5) is 14.7. The molecule has 0 saturated carbocycles. The molecule has 0 fully saturated rings. The fraction of sp³-hybridized carbons (Fsp3) is 0.455. The lowest BCUT2D eigenvalue weighted by molar-refractivity contribution is 0.0688. The molecule has 82 valence electrons. The number of nitrogens with zero attached hydrogens (tertiary/aromatic N) is 1. The van der Waals surface area contributed by atoms with Crippen molar-refractivity contribution in [2.45, 2.75) is 32.8 Å². The predicted octanol–water partition coefficient (Wildman–Crippen LogP) is 2.35. The minimum Gasteiger partial charge on any atom is -0.488 e. The van der Waals surface area contributed by atoms with E-state index in [0.29, 0.717) is 5.75 Å². The molecular weight excluding hydrogens is 194 g/mol. The van der Waals surface area contributed by atoms with Crippen molar-refractivity contribution >= 4 is 5.97 Å². The van der Waals surface area contributed by atoms with E-state index in [9.17, 15) is 4.79 Å². The largest absolute Gasteiger partial charge is 0.488 e. The average molecular weight is 209 g/mol. The van der Waals surface area contributed by atoms with Gasteiger partial charge in [-0.1, -0.05) is 13.8 Å². The van der Waals surface area contributed by atoms with E-state index in [-0.39, 0.29) is 11.7 Å². The number of ether oxygens (including phenoxy) is 1. The molecule has 15 heavy (non-hydrogen) atoms. The molecule has 1 aromatic rings. The highest BCUT2D eigenvalue weighted by Crippen LogP contribution is 2.19. The lowest BCUT2D eigenvalue weighted by Crippen LogP contribution is -2.15. The van der Waals surface area contributed by atoms with E-state index in [2.05, 4.69) is 4.98 Å². The highest BCUT2D eigenvalue weighted by atomic mass is 16.5. The molecule has 4 nitrogen and oxygen atoms in total. The van der Waals surface area contributed by atoms with Gasteiger partial charge in [0.2, 0.25) is 0 Å². The van der Waals surface area contributed by atoms with Crippen molar-refractivity contribution in [2.24, 2.45) is 0 Å². The highest BCUT2D eigenvalue weighted by molar-refractivity contribution is 5.90. The van der Waals surface area contributed by atoms with Crippen LogP contribution in [-0.4, -0.2) is 22.2 Å². The first-order chi connectivity index (χ1) is 7.19. The van der Waals surface area contributed by atoms with Gasteiger partial charge in [0.15, 0.2) is 5.75 Å². The van der Waals surface area contributed by atoms with Gasteiger partial charge in [0.25, 0.3) is 0 Å². The van der Waals surface area contributed by atoms with E-state index in [0.717, 1.165) is 12.8 Å². The second kappa shape index (κ2) is 5.34. The van der Waals surface area contributed by atoms with Crippen LogP contribution in [0.4, 0.5) is 0 Å². The van der Waals surface area contributed by atoms with E-state index in [1.54, 1.807) is 0 Å². The molecule has 0 aliphatic heterocycles. The number of rotatable bonds is 5. The van der Waals surface area contributed by atoms with Crippen molar-refractivity contribution < 1.29 is 14.6 Å². The molecule has 0 radical (unpaired) electrons. The summed E-state index contributed by atoms with van der Waals surface area (Å²) in [6.45, 7) is 4.01. The van der Waals surface area contributed by atoms with Gasteiger partial charge >= 0.3 is 5.97 Å². The molecular formula is C11H15NO3. The van der Waals surface area contributed by atoms with Gasteiger partial charge in [-0.25, -0.2) is 4.79 Å². The number of aromatic carboxylic acids is 1. The molecule has 1 heterocycles. The first-order valence-electron chi connectivity index (χ1n) is 5.03. The second-order valence-corrected chi connectivity index (χ2v) is 3.23. The van der Waals surface area contributed by atoms with Gasteiger partial charge in [0.05, 0.1) is 12.3 Å². The maximum Gasteiger partial charge on any atom is 0.339 e. The molecule has 1 N–H and O–H groups in total. The van der Waals surface area contributed by atoms with Crippen LogP contribution in [0.5, 0.6) is 5.75 Å². The first kappa shape index (κ1) is 11.5. The zero-order valence-electron chi connectivity index (χ0n) is 8.93. The van der Waals surface area contributed by atoms with Gasteiger partial charge in [-0.2, -0.15) is 0 Å². The van der Waals surface area contributed by atoms with Gasteiger partial charge in [0.1, 0.15) is 5.56 Å². The fourth-order valence-corrected chi connectivity index (χ4v) is 1.29. The van der Waals surface area contributed by atoms with Gasteiger partial charge in [-0.15, -0.1) is 0 Å². The number of hydrogen-bond donors (Lipinski definition) is 1. The Bertz CT molecular complexity index is 334. The van der Waals surface area contributed by atoms with E-state index >= 15 is 0 Å². The number of pyridine rings is 1. The summed E-state index contributed by atoms with van der Waals surface area (Å²) in [6, 6.07) is 1.44. The van der Waals surface area contributed by atoms with E-state index in [1.165, 1.54) is 18.5 Å². The zero-order chi connectivity index (χ0) is 11.3. The second-order valence-electron chi connectivity index (χ2n) is 3.23. The summed E-state index contributed by atoms with van der Waals surface area (Å²) in [5.74, 6) is -0.642. The maximum atomic E-state index is 10.9. The molecule has 0 atom stereocenters. The third kappa shape index (κ3) is 2.94. The molecule has 0 saturated heterocycles. The highest BCUT2D eigenvalue weighted by Gasteiger charge is 2.13. The summed E-state index contributed by atoms with van der Waals surface area (Å²) < 4.78 is 5.56. The number of carboxylic acids is 1. The van der Waals surface area contributed by atoms with E-state index in [4.69, 9.17) is 9.84 Å². The monoisotopic (exact) mass is 209 g/mol. The normalized spacial score (nSPS) is 10.3. The molecule has 0 spiro atoms. The lowest BCUT2D eigenvalue weighted by atomic mass is 10.2. The quantitative estimate of drug-likeness (QED) is 0.808. The van der Waals surface area contributed by atoms with Crippen molar-refractivity contribution in [1.82, 2.24) is 4.98 Å². The Morgan fingerprint density at radius 2 is 2.20 bits per heavy atom. The molecule has 0 unspecified atom stereocenters. The molecule has 4 heteroatoms. The van der Waals surface area contributed by atoms with Crippen LogP contribution in [0.3, 0.4) is 0 Å². The van der Waals surface area contributed by atoms with Crippen LogP contribution < -0.4 is 4.74 Å². The van der Waals surface area contributed by atoms with Crippen LogP contribution >= 0.6 is 0 Å². The summed E-state index contributed by atoms with van der Waals surface area (Å²) in [6.07, 6.45) is 4.65. The minimum atomic E-state index is -0.988. The third-order valence-electron chi connectivity index (χ3n) is 2.22. The summed E-state index contributed by atoms with van der Waals surface area (Å²) in [5, 5.41) is 8.92. The summed E-state index contributed by atoms with van der Waals surface area (Å²) in [5.41, 5.74) is 0.164. The third-order valence-corrected chi connectivity index (χ3v) is 2.22. The van der Waals surface area contributed by atoms with Crippen molar-refractivity contribution in [1.29, 1.82) is 0 Å². The lowest BCUT2D eigenvalue weighted by Gasteiger charge is -2.16. The molecule has 1 aromatic heterocycles. The minimum absolute atomic E-state index is 0.0484. The Kier molecular flexibility index (Phi) is 4.09. The average Bonchev–Trinajstić information content (AvgIpc) is 2.26. The standard InChI is InChI=1S/C11H15NO3/c1-3-8(4-2)15-10-7-12-6-5-9(10)11(13)14/h5-8H,3-4H2,1-2H3,(H,13,14). The van der Waals surface area contributed by atoms with Crippen molar-refractivity contribution in [2.75, 3.05) is 0 Å². The maximum absolute atomic E-state index is 10.9. The summed E-state index contributed by atoms with van der Waals surface area (Å²) in [7, 11) is 0. The van der Waals surface area contributed by atoms with E-state index in [1.807, 2.05) is 13.8 Å². The number of hydrogen-bond acceptors (Lipinski definition) is 3. The molecule has 1 rings (SSSR count). The zero-order valence-corrected chi connectivity index (χ0v) is 8.93. The molecule has 0 aromatic carbocycles. The topological polar surface area (TPSA) is 59.4 Å². The SMILES string of the molecule is CCC(CC)Oc1cnccc1C(=O)O. The van der Waals surface area contributed by atoms with Gasteiger partial charge in [-0.05, 0) is 18.9 Å². The van der Waals surface area contributed by atoms with Crippen LogP contribution in [0.2, 0.25) is 0 Å². The number of carboxylic acid groups (broad SMARTS) is 1. The Hall–Kier alpha value is -1.58. The summed E-state index contributed by atoms with van der Waals surface area (Å²) >= 11 is 0. The molecule has 0 amide bonds. The van der Waals surface area contributed by atoms with E-state index < -0.39 is 5.97 Å². The van der Waals surface area contributed by atoms with Crippen LogP contribution in [0.15, 0.2) is 18.5 Å². The van der Waals surface area contributed by atoms with Crippen LogP contribution in [0, 0.1) is 0 Å². The van der Waals surface area contributed by atoms with Crippen molar-refractivity contribution in [3.8, 4) is 5.75 Å². The fourth-order valence-electron chi connectivity index (χ4n) is 1.29. The van der Waals surface area contributed by atoms with Gasteiger partial charge in [0, 0.05) is 6.20 Å². The van der Waals surface area contributed by atoms with Crippen LogP contribution in [0.1, 0.15) is 37.0 Å². The Labute approximate surface area is 88.9 Å². The number of carbonyl (C=O) groups is 1. The Morgan fingerprint density at radius 3 is 2.73 bits per heavy atom. The Balaban J connectivity index is 2.88. The van der Waals surface area contributed by atoms with Gasteiger partial charge in [-0.3, -0.25) is 4.98 Å². The van der Waals surface area contributed by atoms with Crippen molar-refractivity contribution in [3.05, 3.63) is 24.0 Å². The smallest absolute Gasteiger partial charge is 0.339 e. The number of aromatic nitrogens is 1. The molecule has 0 aliphatic rings. The van der Waals surface area contributed by atoms with Crippen LogP contribution in [0.25, 0.3) is 0 Å². The van der Waals surface area contributed by atoms with Gasteiger partial charge < -0.3 is 9.84 Å². The van der Waals surface area contributed by atoms with Crippen molar-refractivity contribution in [3.63, 3.8) is 0 Å². The molecule has 0 bridgehead atoms. The Morgan fingerprint density at radius 1 is 1.53 bits per heavy atom. The van der Waals surface area contributed by atoms with Crippen LogP contribution in [-0.2, 0) is 0 Å². The predicted molar refractivity (Wildman–Crippen MR) is 56.2 cm³/mol. The first-order valence-corrected chi connectivity index (χ1v) is 5.03.